The van der Waals surface area contributed by atoms with E-state index in [4.69, 9.17) is 4.74 Å². The first-order valence-corrected chi connectivity index (χ1v) is 8.22. The summed E-state index contributed by atoms with van der Waals surface area (Å²) in [5.74, 6) is -1.36. The molecule has 5 nitrogen and oxygen atoms in total. The normalized spacial score (nSPS) is 14.4. The number of rotatable bonds is 5. The molecule has 0 unspecified atom stereocenters. The van der Waals surface area contributed by atoms with Gasteiger partial charge in [-0.05, 0) is 25.1 Å². The van der Waals surface area contributed by atoms with Gasteiger partial charge >= 0.3 is 0 Å². The van der Waals surface area contributed by atoms with Crippen molar-refractivity contribution in [3.63, 3.8) is 0 Å². The van der Waals surface area contributed by atoms with Crippen LogP contribution >= 0.6 is 0 Å². The van der Waals surface area contributed by atoms with Gasteiger partial charge in [0, 0.05) is 24.6 Å². The van der Waals surface area contributed by atoms with Gasteiger partial charge in [-0.25, -0.2) is 8.78 Å². The van der Waals surface area contributed by atoms with Crippen LogP contribution in [-0.4, -0.2) is 25.0 Å². The van der Waals surface area contributed by atoms with Gasteiger partial charge in [-0.2, -0.15) is 0 Å². The minimum Gasteiger partial charge on any atom is -0.482 e. The smallest absolute Gasteiger partial charge is 0.265 e. The number of ether oxygens (including phenoxy) is 1. The van der Waals surface area contributed by atoms with Gasteiger partial charge in [-0.3, -0.25) is 9.59 Å². The van der Waals surface area contributed by atoms with Gasteiger partial charge in [-0.1, -0.05) is 18.2 Å². The van der Waals surface area contributed by atoms with Crippen molar-refractivity contribution in [1.29, 1.82) is 0 Å². The molecule has 0 fully saturated rings. The molecule has 136 valence electrons. The third-order valence-electron chi connectivity index (χ3n) is 4.18. The Morgan fingerprint density at radius 3 is 2.81 bits per heavy atom. The third-order valence-corrected chi connectivity index (χ3v) is 4.18. The number of fused-ring (bicyclic) bond motifs is 1. The molecule has 1 heterocycles. The average Bonchev–Trinajstić information content (AvgIpc) is 2.60. The first kappa shape index (κ1) is 17.8. The summed E-state index contributed by atoms with van der Waals surface area (Å²) in [7, 11) is 0. The highest BCUT2D eigenvalue weighted by Gasteiger charge is 2.25. The summed E-state index contributed by atoms with van der Waals surface area (Å²) < 4.78 is 32.1. The Bertz CT molecular complexity index is 841. The van der Waals surface area contributed by atoms with Crippen LogP contribution in [0.15, 0.2) is 42.5 Å². The van der Waals surface area contributed by atoms with Crippen molar-refractivity contribution in [2.24, 2.45) is 0 Å². The highest BCUT2D eigenvalue weighted by molar-refractivity contribution is 5.98. The minimum absolute atomic E-state index is 0.0488. The second kappa shape index (κ2) is 7.51. The van der Waals surface area contributed by atoms with Crippen LogP contribution in [0.5, 0.6) is 5.75 Å². The lowest BCUT2D eigenvalue weighted by Crippen LogP contribution is -2.41. The van der Waals surface area contributed by atoms with Crippen LogP contribution in [0.2, 0.25) is 0 Å². The summed E-state index contributed by atoms with van der Waals surface area (Å²) in [6.45, 7) is 1.73. The van der Waals surface area contributed by atoms with Crippen molar-refractivity contribution in [3.05, 3.63) is 59.7 Å². The molecule has 1 atom stereocenters. The Morgan fingerprint density at radius 2 is 2.04 bits per heavy atom. The van der Waals surface area contributed by atoms with E-state index in [0.717, 1.165) is 12.1 Å². The Morgan fingerprint density at radius 1 is 1.27 bits per heavy atom. The van der Waals surface area contributed by atoms with Gasteiger partial charge in [-0.15, -0.1) is 0 Å². The van der Waals surface area contributed by atoms with Crippen LogP contribution in [0.3, 0.4) is 0 Å². The molecule has 0 spiro atoms. The van der Waals surface area contributed by atoms with Crippen LogP contribution < -0.4 is 15.0 Å². The SMILES string of the molecule is C[C@H](NC(=O)CCN1C(=O)COc2ccccc21)c1ccc(F)cc1F. The minimum atomic E-state index is -0.713. The van der Waals surface area contributed by atoms with Gasteiger partial charge in [0.2, 0.25) is 5.91 Å². The largest absolute Gasteiger partial charge is 0.482 e. The molecular formula is C19H18F2N2O3. The number of para-hydroxylation sites is 2. The molecule has 0 saturated heterocycles. The molecule has 7 heteroatoms. The number of amides is 2. The zero-order valence-corrected chi connectivity index (χ0v) is 14.2. The van der Waals surface area contributed by atoms with Gasteiger partial charge in [0.1, 0.15) is 17.4 Å². The van der Waals surface area contributed by atoms with E-state index in [1.165, 1.54) is 11.0 Å². The topological polar surface area (TPSA) is 58.6 Å². The van der Waals surface area contributed by atoms with E-state index < -0.39 is 17.7 Å². The van der Waals surface area contributed by atoms with E-state index in [1.54, 1.807) is 31.2 Å². The standard InChI is InChI=1S/C19H18F2N2O3/c1-12(14-7-6-13(20)10-15(14)21)22-18(24)8-9-23-16-4-2-3-5-17(16)26-11-19(23)25/h2-7,10,12H,8-9,11H2,1H3,(H,22,24)/t12-/m0/s1. The Kier molecular flexibility index (Phi) is 5.16. The maximum atomic E-state index is 13.8. The zero-order valence-electron chi connectivity index (χ0n) is 14.2. The van der Waals surface area contributed by atoms with Crippen molar-refractivity contribution >= 4 is 17.5 Å². The van der Waals surface area contributed by atoms with Crippen molar-refractivity contribution in [2.75, 3.05) is 18.1 Å². The average molecular weight is 360 g/mol. The number of hydrogen-bond donors (Lipinski definition) is 1. The highest BCUT2D eigenvalue weighted by Crippen LogP contribution is 2.31. The molecule has 0 saturated carbocycles. The molecule has 2 aromatic rings. The van der Waals surface area contributed by atoms with Gasteiger partial charge in [0.15, 0.2) is 6.61 Å². The van der Waals surface area contributed by atoms with Crippen molar-refractivity contribution < 1.29 is 23.1 Å². The zero-order chi connectivity index (χ0) is 18.7. The molecule has 1 aliphatic rings. The first-order valence-electron chi connectivity index (χ1n) is 8.22. The monoisotopic (exact) mass is 360 g/mol. The Labute approximate surface area is 149 Å². The summed E-state index contributed by atoms with van der Waals surface area (Å²) in [5.41, 5.74) is 0.821. The van der Waals surface area contributed by atoms with Crippen LogP contribution in [0, 0.1) is 11.6 Å². The molecule has 1 N–H and O–H groups in total. The molecular weight excluding hydrogens is 342 g/mol. The molecule has 3 rings (SSSR count). The van der Waals surface area contributed by atoms with Gasteiger partial charge in [0.25, 0.3) is 5.91 Å². The third kappa shape index (κ3) is 3.82. The maximum Gasteiger partial charge on any atom is 0.265 e. The molecule has 1 aliphatic heterocycles. The maximum absolute atomic E-state index is 13.8. The molecule has 0 radical (unpaired) electrons. The quantitative estimate of drug-likeness (QED) is 0.892. The fourth-order valence-electron chi connectivity index (χ4n) is 2.86. The fourth-order valence-corrected chi connectivity index (χ4v) is 2.86. The van der Waals surface area contributed by atoms with E-state index in [-0.39, 0.29) is 37.0 Å². The summed E-state index contributed by atoms with van der Waals surface area (Å²) in [4.78, 5) is 25.8. The highest BCUT2D eigenvalue weighted by atomic mass is 19.1. The number of anilines is 1. The van der Waals surface area contributed by atoms with Gasteiger partial charge in [0.05, 0.1) is 11.7 Å². The lowest BCUT2D eigenvalue weighted by Gasteiger charge is -2.29. The number of hydrogen-bond acceptors (Lipinski definition) is 3. The molecule has 0 aliphatic carbocycles. The van der Waals surface area contributed by atoms with Crippen LogP contribution in [-0.2, 0) is 9.59 Å². The summed E-state index contributed by atoms with van der Waals surface area (Å²) >= 11 is 0. The lowest BCUT2D eigenvalue weighted by atomic mass is 10.1. The summed E-state index contributed by atoms with van der Waals surface area (Å²) in [5, 5.41) is 2.66. The van der Waals surface area contributed by atoms with Crippen LogP contribution in [0.4, 0.5) is 14.5 Å². The lowest BCUT2D eigenvalue weighted by molar-refractivity contribution is -0.122. The van der Waals surface area contributed by atoms with Crippen molar-refractivity contribution in [1.82, 2.24) is 5.32 Å². The Hall–Kier alpha value is -2.96. The molecule has 26 heavy (non-hydrogen) atoms. The Balaban J connectivity index is 1.61. The predicted molar refractivity (Wildman–Crippen MR) is 91.8 cm³/mol. The van der Waals surface area contributed by atoms with E-state index in [9.17, 15) is 18.4 Å². The number of benzene rings is 2. The number of halogens is 2. The fraction of sp³-hybridized carbons (Fsp3) is 0.263. The number of carbonyl (C=O) groups is 2. The van der Waals surface area contributed by atoms with Crippen molar-refractivity contribution in [2.45, 2.75) is 19.4 Å². The van der Waals surface area contributed by atoms with Crippen LogP contribution in [0.25, 0.3) is 0 Å². The number of nitrogens with zero attached hydrogens (tertiary/aromatic N) is 1. The predicted octanol–water partition coefficient (Wildman–Crippen LogP) is 2.96. The molecule has 0 bridgehead atoms. The second-order valence-corrected chi connectivity index (χ2v) is 6.01. The number of nitrogens with one attached hydrogen (secondary N) is 1. The van der Waals surface area contributed by atoms with E-state index in [0.29, 0.717) is 11.4 Å². The molecule has 2 amide bonds. The van der Waals surface area contributed by atoms with Gasteiger partial charge < -0.3 is 15.0 Å². The van der Waals surface area contributed by atoms with E-state index >= 15 is 0 Å². The summed E-state index contributed by atoms with van der Waals surface area (Å²) in [6, 6.07) is 9.71. The molecule has 2 aromatic carbocycles. The second-order valence-electron chi connectivity index (χ2n) is 6.01. The van der Waals surface area contributed by atoms with Crippen molar-refractivity contribution in [3.8, 4) is 5.75 Å². The van der Waals surface area contributed by atoms with Crippen LogP contribution in [0.1, 0.15) is 24.9 Å². The molecule has 0 aromatic heterocycles. The first-order chi connectivity index (χ1) is 12.5. The summed E-state index contributed by atoms with van der Waals surface area (Å²) in [6.07, 6.45) is 0.0488. The number of carbonyl (C=O) groups excluding carboxylic acids is 2. The van der Waals surface area contributed by atoms with E-state index in [2.05, 4.69) is 5.32 Å². The van der Waals surface area contributed by atoms with E-state index in [1.807, 2.05) is 0 Å².